The van der Waals surface area contributed by atoms with Crippen LogP contribution in [0, 0.1) is 6.92 Å². The molecule has 1 aliphatic heterocycles. The minimum atomic E-state index is -1.02. The number of fused-ring (bicyclic) bond motifs is 1. The zero-order chi connectivity index (χ0) is 23.0. The molecule has 8 heteroatoms. The maximum absolute atomic E-state index is 12.9. The van der Waals surface area contributed by atoms with Crippen molar-refractivity contribution in [2.45, 2.75) is 38.6 Å². The number of benzene rings is 1. The molecule has 1 saturated heterocycles. The van der Waals surface area contributed by atoms with Gasteiger partial charge in [-0.3, -0.25) is 14.0 Å². The van der Waals surface area contributed by atoms with Crippen LogP contribution in [0.2, 0.25) is 0 Å². The first kappa shape index (κ1) is 21.5. The maximum Gasteiger partial charge on any atom is 0.337 e. The topological polar surface area (TPSA) is 104 Å². The molecule has 3 aromatic rings. The van der Waals surface area contributed by atoms with E-state index in [-0.39, 0.29) is 29.0 Å². The fraction of sp³-hybridized carbons (Fsp3) is 0.333. The summed E-state index contributed by atoms with van der Waals surface area (Å²) in [7, 11) is 1.78. The number of aromatic carboxylic acids is 1. The van der Waals surface area contributed by atoms with Crippen molar-refractivity contribution in [2.75, 3.05) is 18.9 Å². The molecule has 2 N–H and O–H groups in total. The van der Waals surface area contributed by atoms with Crippen LogP contribution in [0.3, 0.4) is 0 Å². The summed E-state index contributed by atoms with van der Waals surface area (Å²) in [6.07, 6.45) is 2.83. The number of likely N-dealkylation sites (tertiary alicyclic amines) is 1. The quantitative estimate of drug-likeness (QED) is 0.639. The highest BCUT2D eigenvalue weighted by Crippen LogP contribution is 2.29. The Hall–Kier alpha value is -3.68. The number of nitrogens with one attached hydrogen (secondary N) is 1. The van der Waals surface area contributed by atoms with E-state index in [1.54, 1.807) is 42.4 Å². The van der Waals surface area contributed by atoms with Crippen LogP contribution in [0.5, 0.6) is 0 Å². The van der Waals surface area contributed by atoms with Crippen LogP contribution in [0.4, 0.5) is 5.69 Å². The molecule has 0 spiro atoms. The predicted octanol–water partition coefficient (Wildman–Crippen LogP) is 3.21. The molecule has 0 saturated carbocycles. The van der Waals surface area contributed by atoms with E-state index in [2.05, 4.69) is 5.32 Å². The summed E-state index contributed by atoms with van der Waals surface area (Å²) in [5.41, 5.74) is 3.28. The van der Waals surface area contributed by atoms with Crippen molar-refractivity contribution in [3.63, 3.8) is 0 Å². The Balaban J connectivity index is 1.77. The Bertz CT molecular complexity index is 1270. The summed E-state index contributed by atoms with van der Waals surface area (Å²) < 4.78 is 1.52. The summed E-state index contributed by atoms with van der Waals surface area (Å²) in [5.74, 6) is -1.06. The number of aryl methyl sites for hydroxylation is 1. The molecule has 2 atom stereocenters. The second-order valence-corrected chi connectivity index (χ2v) is 8.41. The van der Waals surface area contributed by atoms with E-state index < -0.39 is 5.97 Å². The van der Waals surface area contributed by atoms with Gasteiger partial charge in [0, 0.05) is 49.4 Å². The van der Waals surface area contributed by atoms with Gasteiger partial charge in [-0.1, -0.05) is 12.1 Å². The van der Waals surface area contributed by atoms with Crippen molar-refractivity contribution in [1.29, 1.82) is 0 Å². The first-order chi connectivity index (χ1) is 15.2. The average Bonchev–Trinajstić information content (AvgIpc) is 2.75. The van der Waals surface area contributed by atoms with Crippen molar-refractivity contribution in [1.82, 2.24) is 14.3 Å². The summed E-state index contributed by atoms with van der Waals surface area (Å²) in [4.78, 5) is 43.2. The Morgan fingerprint density at radius 3 is 2.72 bits per heavy atom. The van der Waals surface area contributed by atoms with Crippen molar-refractivity contribution in [2.24, 2.45) is 0 Å². The van der Waals surface area contributed by atoms with Crippen LogP contribution in [-0.4, -0.2) is 44.9 Å². The van der Waals surface area contributed by atoms with Gasteiger partial charge in [0.2, 0.25) is 5.91 Å². The van der Waals surface area contributed by atoms with Crippen molar-refractivity contribution < 1.29 is 14.7 Å². The predicted molar refractivity (Wildman–Crippen MR) is 121 cm³/mol. The number of piperidine rings is 1. The van der Waals surface area contributed by atoms with E-state index in [0.717, 1.165) is 17.5 Å². The zero-order valence-corrected chi connectivity index (χ0v) is 18.3. The summed E-state index contributed by atoms with van der Waals surface area (Å²) in [5, 5.41) is 12.8. The van der Waals surface area contributed by atoms with Crippen molar-refractivity contribution in [3.05, 3.63) is 75.3 Å². The lowest BCUT2D eigenvalue weighted by atomic mass is 9.93. The summed E-state index contributed by atoms with van der Waals surface area (Å²) in [6.45, 7) is 4.44. The van der Waals surface area contributed by atoms with E-state index in [4.69, 9.17) is 4.98 Å². The van der Waals surface area contributed by atoms with Gasteiger partial charge in [0.15, 0.2) is 0 Å². The number of para-hydroxylation sites is 1. The molecule has 0 bridgehead atoms. The number of amides is 1. The monoisotopic (exact) mass is 434 g/mol. The molecule has 166 valence electrons. The number of carbonyl (C=O) groups is 2. The van der Waals surface area contributed by atoms with Gasteiger partial charge in [0.1, 0.15) is 5.65 Å². The fourth-order valence-corrected chi connectivity index (χ4v) is 4.22. The standard InChI is InChI=1S/C24H26N4O4/c1-14-10-18(15(2)25-19-7-5-4-6-17(19)24(31)32)23-26-20(12-22(30)28(23)13-14)16-8-9-27(3)21(29)11-16/h4-7,10,12-13,15-16,25H,8-9,11H2,1-3H3,(H,31,32)/t15-,16-/m0/s1. The van der Waals surface area contributed by atoms with E-state index in [1.165, 1.54) is 10.5 Å². The van der Waals surface area contributed by atoms with E-state index in [9.17, 15) is 19.5 Å². The highest BCUT2D eigenvalue weighted by atomic mass is 16.4. The van der Waals surface area contributed by atoms with Crippen LogP contribution in [-0.2, 0) is 4.79 Å². The number of aromatic nitrogens is 2. The molecule has 3 heterocycles. The van der Waals surface area contributed by atoms with Gasteiger partial charge < -0.3 is 15.3 Å². The number of hydrogen-bond acceptors (Lipinski definition) is 5. The van der Waals surface area contributed by atoms with Crippen molar-refractivity contribution in [3.8, 4) is 0 Å². The largest absolute Gasteiger partial charge is 0.478 e. The minimum Gasteiger partial charge on any atom is -0.478 e. The number of hydrogen-bond donors (Lipinski definition) is 2. The molecule has 8 nitrogen and oxygen atoms in total. The molecule has 32 heavy (non-hydrogen) atoms. The molecule has 0 unspecified atom stereocenters. The highest BCUT2D eigenvalue weighted by Gasteiger charge is 2.27. The van der Waals surface area contributed by atoms with Gasteiger partial charge >= 0.3 is 5.97 Å². The molecule has 1 amide bonds. The zero-order valence-electron chi connectivity index (χ0n) is 18.3. The lowest BCUT2D eigenvalue weighted by Gasteiger charge is -2.28. The van der Waals surface area contributed by atoms with E-state index in [1.807, 2.05) is 19.9 Å². The first-order valence-electron chi connectivity index (χ1n) is 10.6. The van der Waals surface area contributed by atoms with Gasteiger partial charge in [-0.05, 0) is 44.0 Å². The fourth-order valence-electron chi connectivity index (χ4n) is 4.22. The van der Waals surface area contributed by atoms with Crippen LogP contribution in [0.25, 0.3) is 5.65 Å². The number of nitrogens with zero attached hydrogens (tertiary/aromatic N) is 3. The lowest BCUT2D eigenvalue weighted by Crippen LogP contribution is -2.35. The molecule has 0 radical (unpaired) electrons. The third-order valence-electron chi connectivity index (χ3n) is 6.02. The summed E-state index contributed by atoms with van der Waals surface area (Å²) in [6, 6.07) is 9.87. The SMILES string of the molecule is Cc1cc([C@H](C)Nc2ccccc2C(=O)O)c2nc([C@H]3CCN(C)C(=O)C3)cc(=O)n2c1. The molecule has 1 fully saturated rings. The van der Waals surface area contributed by atoms with Gasteiger partial charge in [-0.2, -0.15) is 0 Å². The van der Waals surface area contributed by atoms with Gasteiger partial charge in [-0.25, -0.2) is 9.78 Å². The molecule has 1 aliphatic rings. The Labute approximate surface area is 185 Å². The molecule has 4 rings (SSSR count). The number of anilines is 1. The van der Waals surface area contributed by atoms with Gasteiger partial charge in [0.05, 0.1) is 17.3 Å². The number of carbonyl (C=O) groups excluding carboxylic acids is 1. The minimum absolute atomic E-state index is 0.0488. The second-order valence-electron chi connectivity index (χ2n) is 8.41. The van der Waals surface area contributed by atoms with E-state index in [0.29, 0.717) is 30.0 Å². The Morgan fingerprint density at radius 1 is 1.25 bits per heavy atom. The van der Waals surface area contributed by atoms with Crippen LogP contribution in [0.1, 0.15) is 58.9 Å². The molecular weight excluding hydrogens is 408 g/mol. The smallest absolute Gasteiger partial charge is 0.337 e. The third kappa shape index (κ3) is 4.08. The van der Waals surface area contributed by atoms with E-state index >= 15 is 0 Å². The molecular formula is C24H26N4O4. The van der Waals surface area contributed by atoms with Gasteiger partial charge in [0.25, 0.3) is 5.56 Å². The normalized spacial score (nSPS) is 17.4. The molecule has 1 aromatic carbocycles. The number of pyridine rings is 1. The average molecular weight is 434 g/mol. The Morgan fingerprint density at radius 2 is 2.00 bits per heavy atom. The lowest BCUT2D eigenvalue weighted by molar-refractivity contribution is -0.132. The number of rotatable bonds is 5. The van der Waals surface area contributed by atoms with Crippen LogP contribution >= 0.6 is 0 Å². The number of carboxylic acid groups (broad SMARTS) is 1. The number of carboxylic acids is 1. The summed E-state index contributed by atoms with van der Waals surface area (Å²) >= 11 is 0. The van der Waals surface area contributed by atoms with Gasteiger partial charge in [-0.15, -0.1) is 0 Å². The first-order valence-corrected chi connectivity index (χ1v) is 10.6. The van der Waals surface area contributed by atoms with Crippen molar-refractivity contribution >= 4 is 23.2 Å². The Kier molecular flexibility index (Phi) is 5.69. The second kappa shape index (κ2) is 8.45. The molecule has 2 aromatic heterocycles. The van der Waals surface area contributed by atoms with Crippen LogP contribution < -0.4 is 10.9 Å². The van der Waals surface area contributed by atoms with Crippen LogP contribution in [0.15, 0.2) is 47.4 Å². The highest BCUT2D eigenvalue weighted by molar-refractivity contribution is 5.94. The molecule has 0 aliphatic carbocycles. The maximum atomic E-state index is 12.9. The third-order valence-corrected chi connectivity index (χ3v) is 6.02.